The van der Waals surface area contributed by atoms with Gasteiger partial charge in [0.25, 0.3) is 5.91 Å². The fourth-order valence-corrected chi connectivity index (χ4v) is 4.22. The van der Waals surface area contributed by atoms with Gasteiger partial charge < -0.3 is 14.8 Å². The number of amides is 2. The number of hydrogen-bond acceptors (Lipinski definition) is 6. The predicted octanol–water partition coefficient (Wildman–Crippen LogP) is 4.92. The third-order valence-corrected chi connectivity index (χ3v) is 6.07. The van der Waals surface area contributed by atoms with E-state index in [-0.39, 0.29) is 11.8 Å². The first-order valence-electron chi connectivity index (χ1n) is 9.52. The first kappa shape index (κ1) is 26.2. The molecule has 11 heteroatoms. The molecule has 31 heavy (non-hydrogen) atoms. The number of nitrogens with zero attached hydrogens (tertiary/aromatic N) is 1. The van der Waals surface area contributed by atoms with Gasteiger partial charge >= 0.3 is 0 Å². The van der Waals surface area contributed by atoms with Gasteiger partial charge in [-0.2, -0.15) is 0 Å². The van der Waals surface area contributed by atoms with Crippen molar-refractivity contribution in [2.75, 3.05) is 20.3 Å². The lowest BCUT2D eigenvalue weighted by Gasteiger charge is -2.26. The van der Waals surface area contributed by atoms with Crippen LogP contribution in [-0.4, -0.2) is 51.3 Å². The second-order valence-electron chi connectivity index (χ2n) is 6.61. The fraction of sp³-hybridized carbons (Fsp3) is 0.450. The maximum absolute atomic E-state index is 12.6. The number of methoxy groups -OCH3 is 1. The van der Waals surface area contributed by atoms with E-state index in [1.807, 2.05) is 6.92 Å². The smallest absolute Gasteiger partial charge is 0.266 e. The van der Waals surface area contributed by atoms with Crippen LogP contribution in [0.2, 0.25) is 0 Å². The minimum absolute atomic E-state index is 0.124. The molecule has 1 aromatic rings. The van der Waals surface area contributed by atoms with E-state index in [1.165, 1.54) is 11.8 Å². The third-order valence-electron chi connectivity index (χ3n) is 4.10. The summed E-state index contributed by atoms with van der Waals surface area (Å²) in [4.78, 5) is 26.6. The zero-order valence-electron chi connectivity index (χ0n) is 17.0. The summed E-state index contributed by atoms with van der Waals surface area (Å²) < 4.78 is 9.37. The highest BCUT2D eigenvalue weighted by atomic mass is 35.6. The Morgan fingerprint density at radius 1 is 1.32 bits per heavy atom. The number of hydrogen-bond donors (Lipinski definition) is 1. The fourth-order valence-electron chi connectivity index (χ4n) is 2.61. The van der Waals surface area contributed by atoms with Gasteiger partial charge in [0.05, 0.1) is 4.91 Å². The van der Waals surface area contributed by atoms with Gasteiger partial charge in [0.15, 0.2) is 0 Å². The second kappa shape index (κ2) is 12.3. The summed E-state index contributed by atoms with van der Waals surface area (Å²) in [6.07, 6.45) is 2.27. The van der Waals surface area contributed by atoms with Crippen molar-refractivity contribution in [3.63, 3.8) is 0 Å². The Morgan fingerprint density at radius 3 is 2.58 bits per heavy atom. The number of carbonyl (C=O) groups excluding carboxylic acids is 2. The average Bonchev–Trinajstić information content (AvgIpc) is 2.96. The van der Waals surface area contributed by atoms with Gasteiger partial charge in [0.1, 0.15) is 10.1 Å². The number of thiocarbonyl (C=S) groups is 1. The van der Waals surface area contributed by atoms with Crippen LogP contribution in [0.15, 0.2) is 29.2 Å². The number of halogens is 3. The highest BCUT2D eigenvalue weighted by Gasteiger charge is 2.36. The van der Waals surface area contributed by atoms with Gasteiger partial charge in [-0.1, -0.05) is 77.8 Å². The summed E-state index contributed by atoms with van der Waals surface area (Å²) >= 11 is 24.4. The number of alkyl halides is 3. The monoisotopic (exact) mass is 524 g/mol. The maximum atomic E-state index is 12.6. The summed E-state index contributed by atoms with van der Waals surface area (Å²) in [5, 5.41) is 2.57. The Morgan fingerprint density at radius 2 is 2.00 bits per heavy atom. The van der Waals surface area contributed by atoms with Gasteiger partial charge in [0, 0.05) is 26.7 Å². The Hall–Kier alpha value is -1.03. The van der Waals surface area contributed by atoms with E-state index in [4.69, 9.17) is 56.5 Å². The first-order chi connectivity index (χ1) is 14.7. The molecule has 1 fully saturated rings. The van der Waals surface area contributed by atoms with Crippen LogP contribution in [0.4, 0.5) is 0 Å². The summed E-state index contributed by atoms with van der Waals surface area (Å²) in [5.41, 5.74) is 0.783. The molecule has 2 amide bonds. The molecule has 6 nitrogen and oxygen atoms in total. The lowest BCUT2D eigenvalue weighted by atomic mass is 10.2. The molecular formula is C20H23Cl3N2O4S2. The quantitative estimate of drug-likeness (QED) is 0.154. The van der Waals surface area contributed by atoms with E-state index in [2.05, 4.69) is 5.32 Å². The number of carbonyl (C=O) groups is 2. The van der Waals surface area contributed by atoms with Crippen LogP contribution in [0.3, 0.4) is 0 Å². The molecular weight excluding hydrogens is 503 g/mol. The molecule has 1 aliphatic heterocycles. The number of benzene rings is 1. The van der Waals surface area contributed by atoms with Crippen LogP contribution >= 0.6 is 58.8 Å². The van der Waals surface area contributed by atoms with Crippen molar-refractivity contribution < 1.29 is 19.1 Å². The normalized spacial score (nSPS) is 16.7. The van der Waals surface area contributed by atoms with Crippen molar-refractivity contribution in [2.45, 2.75) is 36.2 Å². The first-order valence-corrected chi connectivity index (χ1v) is 11.9. The van der Waals surface area contributed by atoms with E-state index in [1.54, 1.807) is 42.4 Å². The minimum atomic E-state index is -1.85. The summed E-state index contributed by atoms with van der Waals surface area (Å²) in [6.45, 7) is 2.95. The molecule has 0 radical (unpaired) electrons. The number of nitrogens with one attached hydrogen (secondary N) is 1. The lowest BCUT2D eigenvalue weighted by Crippen LogP contribution is -2.47. The summed E-state index contributed by atoms with van der Waals surface area (Å²) in [5.74, 6) is 0.00157. The Kier molecular flexibility index (Phi) is 10.4. The molecule has 2 rings (SSSR count). The lowest BCUT2D eigenvalue weighted by molar-refractivity contribution is -0.124. The van der Waals surface area contributed by atoms with Crippen LogP contribution < -0.4 is 10.1 Å². The molecule has 1 unspecified atom stereocenters. The molecule has 1 aliphatic rings. The topological polar surface area (TPSA) is 67.9 Å². The van der Waals surface area contributed by atoms with E-state index in [0.29, 0.717) is 47.4 Å². The average molecular weight is 526 g/mol. The molecule has 0 aliphatic carbocycles. The molecule has 170 valence electrons. The van der Waals surface area contributed by atoms with Crippen molar-refractivity contribution in [1.29, 1.82) is 0 Å². The van der Waals surface area contributed by atoms with Crippen LogP contribution in [0.5, 0.6) is 5.75 Å². The van der Waals surface area contributed by atoms with Crippen molar-refractivity contribution in [3.05, 3.63) is 34.7 Å². The highest BCUT2D eigenvalue weighted by molar-refractivity contribution is 8.26. The van der Waals surface area contributed by atoms with Gasteiger partial charge in [-0.15, -0.1) is 0 Å². The Balaban J connectivity index is 2.06. The van der Waals surface area contributed by atoms with E-state index in [9.17, 15) is 9.59 Å². The summed E-state index contributed by atoms with van der Waals surface area (Å²) in [6, 6.07) is 6.85. The molecule has 0 bridgehead atoms. The largest absolute Gasteiger partial charge is 0.466 e. The van der Waals surface area contributed by atoms with Crippen LogP contribution in [0.1, 0.15) is 31.7 Å². The zero-order valence-corrected chi connectivity index (χ0v) is 20.9. The molecule has 1 heterocycles. The molecule has 1 saturated heterocycles. The van der Waals surface area contributed by atoms with Gasteiger partial charge in [0.2, 0.25) is 15.9 Å². The molecule has 0 saturated carbocycles. The Bertz CT molecular complexity index is 829. The molecule has 1 atom stereocenters. The Labute approximate surface area is 206 Å². The number of thioether (sulfide) groups is 1. The van der Waals surface area contributed by atoms with Crippen molar-refractivity contribution in [2.24, 2.45) is 0 Å². The zero-order chi connectivity index (χ0) is 23.0. The molecule has 1 aromatic carbocycles. The van der Waals surface area contributed by atoms with Crippen molar-refractivity contribution in [3.8, 4) is 5.75 Å². The molecule has 1 N–H and O–H groups in total. The SMILES string of the molecule is CCCC(=O)NC(Oc1ccc(C=C2SC(=S)N(CCCOC)C2=O)cc1)C(Cl)(Cl)Cl. The van der Waals surface area contributed by atoms with Crippen LogP contribution in [-0.2, 0) is 14.3 Å². The second-order valence-corrected chi connectivity index (χ2v) is 10.7. The molecule has 0 aromatic heterocycles. The van der Waals surface area contributed by atoms with Gasteiger partial charge in [-0.25, -0.2) is 0 Å². The maximum Gasteiger partial charge on any atom is 0.266 e. The van der Waals surface area contributed by atoms with Crippen molar-refractivity contribution >= 4 is 81.0 Å². The van der Waals surface area contributed by atoms with E-state index >= 15 is 0 Å². The van der Waals surface area contributed by atoms with E-state index < -0.39 is 10.0 Å². The van der Waals surface area contributed by atoms with Gasteiger partial charge in [-0.3, -0.25) is 14.5 Å². The van der Waals surface area contributed by atoms with Crippen LogP contribution in [0.25, 0.3) is 6.08 Å². The number of rotatable bonds is 10. The summed E-state index contributed by atoms with van der Waals surface area (Å²) in [7, 11) is 1.62. The van der Waals surface area contributed by atoms with Gasteiger partial charge in [-0.05, 0) is 36.6 Å². The third kappa shape index (κ3) is 8.11. The van der Waals surface area contributed by atoms with Crippen molar-refractivity contribution in [1.82, 2.24) is 10.2 Å². The predicted molar refractivity (Wildman–Crippen MR) is 131 cm³/mol. The number of ether oxygens (including phenoxy) is 2. The minimum Gasteiger partial charge on any atom is -0.466 e. The molecule has 0 spiro atoms. The van der Waals surface area contributed by atoms with E-state index in [0.717, 1.165) is 5.56 Å². The van der Waals surface area contributed by atoms with Crippen LogP contribution in [0, 0.1) is 0 Å². The standard InChI is InChI=1S/C20H23Cl3N2O4S2/c1-3-5-16(26)24-18(20(21,22)23)29-14-8-6-13(7-9-14)12-15-17(27)25(19(30)31-15)10-4-11-28-2/h6-9,12,18H,3-5,10-11H2,1-2H3,(H,24,26). The highest BCUT2D eigenvalue weighted by Crippen LogP contribution is 2.34.